The van der Waals surface area contributed by atoms with E-state index in [1.807, 2.05) is 0 Å². The summed E-state index contributed by atoms with van der Waals surface area (Å²) in [4.78, 5) is 24.3. The van der Waals surface area contributed by atoms with E-state index in [0.717, 1.165) is 0 Å². The van der Waals surface area contributed by atoms with Crippen molar-refractivity contribution in [1.82, 2.24) is 10.2 Å². The molecule has 18 heavy (non-hydrogen) atoms. The minimum Gasteiger partial charge on any atom is -0.479 e. The van der Waals surface area contributed by atoms with Crippen molar-refractivity contribution in [2.24, 2.45) is 0 Å². The summed E-state index contributed by atoms with van der Waals surface area (Å²) in [7, 11) is 1.58. The maximum Gasteiger partial charge on any atom is 0.331 e. The highest BCUT2D eigenvalue weighted by atomic mass is 35.5. The molecule has 0 aliphatic carbocycles. The van der Waals surface area contributed by atoms with E-state index < -0.39 is 18.0 Å². The Balaban J connectivity index is 2.95. The first-order valence-electron chi connectivity index (χ1n) is 5.46. The zero-order chi connectivity index (χ0) is 13.7. The summed E-state index contributed by atoms with van der Waals surface area (Å²) in [5.74, 6) is -1.15. The summed E-state index contributed by atoms with van der Waals surface area (Å²) in [5, 5.41) is 11.9. The number of hydrogen-bond donors (Lipinski definition) is 2. The molecule has 2 amide bonds. The Morgan fingerprint density at radius 1 is 1.44 bits per heavy atom. The van der Waals surface area contributed by atoms with Gasteiger partial charge >= 0.3 is 12.0 Å². The van der Waals surface area contributed by atoms with Gasteiger partial charge in [-0.3, -0.25) is 0 Å². The van der Waals surface area contributed by atoms with Crippen LogP contribution in [-0.2, 0) is 4.79 Å². The summed E-state index contributed by atoms with van der Waals surface area (Å²) < 4.78 is 0. The molecule has 0 bridgehead atoms. The highest BCUT2D eigenvalue weighted by Crippen LogP contribution is 2.22. The number of nitrogens with one attached hydrogen (secondary N) is 1. The van der Waals surface area contributed by atoms with Crippen molar-refractivity contribution in [2.45, 2.75) is 13.0 Å². The molecule has 1 atom stereocenters. The number of benzene rings is 1. The molecule has 6 heteroatoms. The minimum absolute atomic E-state index is 0.310. The van der Waals surface area contributed by atoms with Crippen LogP contribution in [0, 0.1) is 0 Å². The SMILES string of the molecule is CCN(C)C(=O)N[C@@H](C(=O)O)c1ccccc1Cl. The molecule has 0 fully saturated rings. The molecule has 1 aromatic carbocycles. The average molecular weight is 271 g/mol. The van der Waals surface area contributed by atoms with Gasteiger partial charge in [0.1, 0.15) is 0 Å². The summed E-state index contributed by atoms with van der Waals surface area (Å²) in [6, 6.07) is 4.93. The first-order valence-corrected chi connectivity index (χ1v) is 5.84. The van der Waals surface area contributed by atoms with Gasteiger partial charge in [0.15, 0.2) is 6.04 Å². The van der Waals surface area contributed by atoms with Crippen molar-refractivity contribution in [3.8, 4) is 0 Å². The lowest BCUT2D eigenvalue weighted by Crippen LogP contribution is -2.41. The number of halogens is 1. The number of amides is 2. The predicted molar refractivity (Wildman–Crippen MR) is 68.7 cm³/mol. The van der Waals surface area contributed by atoms with E-state index in [4.69, 9.17) is 16.7 Å². The molecule has 0 saturated carbocycles. The molecular weight excluding hydrogens is 256 g/mol. The lowest BCUT2D eigenvalue weighted by Gasteiger charge is -2.20. The third-order valence-electron chi connectivity index (χ3n) is 2.55. The first-order chi connectivity index (χ1) is 8.47. The van der Waals surface area contributed by atoms with Gasteiger partial charge in [-0.25, -0.2) is 9.59 Å². The first kappa shape index (κ1) is 14.3. The third-order valence-corrected chi connectivity index (χ3v) is 2.90. The third kappa shape index (κ3) is 3.37. The fraction of sp³-hybridized carbons (Fsp3) is 0.333. The zero-order valence-electron chi connectivity index (χ0n) is 10.2. The molecular formula is C12H15ClN2O3. The van der Waals surface area contributed by atoms with Crippen molar-refractivity contribution in [1.29, 1.82) is 0 Å². The Hall–Kier alpha value is -1.75. The van der Waals surface area contributed by atoms with E-state index >= 15 is 0 Å². The number of carbonyl (C=O) groups is 2. The van der Waals surface area contributed by atoms with Gasteiger partial charge in [0.25, 0.3) is 0 Å². The molecule has 0 unspecified atom stereocenters. The van der Waals surface area contributed by atoms with E-state index in [0.29, 0.717) is 17.1 Å². The number of nitrogens with zero attached hydrogens (tertiary/aromatic N) is 1. The predicted octanol–water partition coefficient (Wildman–Crippen LogP) is 2.13. The van der Waals surface area contributed by atoms with Crippen LogP contribution < -0.4 is 5.32 Å². The Bertz CT molecular complexity index is 451. The molecule has 1 aromatic rings. The maximum atomic E-state index is 11.7. The van der Waals surface area contributed by atoms with Crippen molar-refractivity contribution >= 4 is 23.6 Å². The molecule has 0 heterocycles. The molecule has 0 saturated heterocycles. The van der Waals surface area contributed by atoms with E-state index in [1.54, 1.807) is 38.2 Å². The second-order valence-corrected chi connectivity index (χ2v) is 4.16. The molecule has 98 valence electrons. The van der Waals surface area contributed by atoms with Gasteiger partial charge in [0, 0.05) is 24.2 Å². The Morgan fingerprint density at radius 2 is 2.06 bits per heavy atom. The number of rotatable bonds is 4. The van der Waals surface area contributed by atoms with Crippen molar-refractivity contribution in [3.05, 3.63) is 34.9 Å². The van der Waals surface area contributed by atoms with Gasteiger partial charge < -0.3 is 15.3 Å². The molecule has 2 N–H and O–H groups in total. The highest BCUT2D eigenvalue weighted by Gasteiger charge is 2.24. The quantitative estimate of drug-likeness (QED) is 0.880. The summed E-state index contributed by atoms with van der Waals surface area (Å²) in [6.45, 7) is 2.28. The monoisotopic (exact) mass is 270 g/mol. The molecule has 0 aliphatic rings. The van der Waals surface area contributed by atoms with Crippen molar-refractivity contribution in [2.75, 3.05) is 13.6 Å². The minimum atomic E-state index is -1.15. The molecule has 0 aromatic heterocycles. The van der Waals surface area contributed by atoms with Crippen LogP contribution in [0.5, 0.6) is 0 Å². The Labute approximate surface area is 110 Å². The van der Waals surface area contributed by atoms with Gasteiger partial charge in [-0.2, -0.15) is 0 Å². The second-order valence-electron chi connectivity index (χ2n) is 3.76. The number of carboxylic acids is 1. The number of hydrogen-bond acceptors (Lipinski definition) is 2. The fourth-order valence-electron chi connectivity index (χ4n) is 1.36. The van der Waals surface area contributed by atoms with Crippen LogP contribution in [0.1, 0.15) is 18.5 Å². The average Bonchev–Trinajstić information content (AvgIpc) is 2.35. The second kappa shape index (κ2) is 6.26. The molecule has 0 radical (unpaired) electrons. The smallest absolute Gasteiger partial charge is 0.331 e. The zero-order valence-corrected chi connectivity index (χ0v) is 10.9. The van der Waals surface area contributed by atoms with Crippen LogP contribution in [0.4, 0.5) is 4.79 Å². The van der Waals surface area contributed by atoms with E-state index in [1.165, 1.54) is 4.90 Å². The number of carbonyl (C=O) groups excluding carboxylic acids is 1. The number of urea groups is 1. The van der Waals surface area contributed by atoms with Crippen molar-refractivity contribution in [3.63, 3.8) is 0 Å². The van der Waals surface area contributed by atoms with Gasteiger partial charge in [0.2, 0.25) is 0 Å². The molecule has 0 spiro atoms. The van der Waals surface area contributed by atoms with Gasteiger partial charge in [-0.15, -0.1) is 0 Å². The lowest BCUT2D eigenvalue weighted by atomic mass is 10.1. The van der Waals surface area contributed by atoms with Crippen molar-refractivity contribution < 1.29 is 14.7 Å². The van der Waals surface area contributed by atoms with Crippen LogP contribution in [-0.4, -0.2) is 35.6 Å². The van der Waals surface area contributed by atoms with Gasteiger partial charge in [-0.05, 0) is 13.0 Å². The molecule has 1 rings (SSSR count). The van der Waals surface area contributed by atoms with E-state index in [-0.39, 0.29) is 0 Å². The highest BCUT2D eigenvalue weighted by molar-refractivity contribution is 6.31. The van der Waals surface area contributed by atoms with Crippen LogP contribution in [0.2, 0.25) is 5.02 Å². The van der Waals surface area contributed by atoms with E-state index in [9.17, 15) is 9.59 Å². The fourth-order valence-corrected chi connectivity index (χ4v) is 1.60. The van der Waals surface area contributed by atoms with Gasteiger partial charge in [-0.1, -0.05) is 29.8 Å². The maximum absolute atomic E-state index is 11.7. The standard InChI is InChI=1S/C12H15ClN2O3/c1-3-15(2)12(18)14-10(11(16)17)8-6-4-5-7-9(8)13/h4-7,10H,3H2,1-2H3,(H,14,18)(H,16,17)/t10-/m1/s1. The van der Waals surface area contributed by atoms with Gasteiger partial charge in [0.05, 0.1) is 0 Å². The Kier molecular flexibility index (Phi) is 4.97. The number of aliphatic carboxylic acids is 1. The Morgan fingerprint density at radius 3 is 2.56 bits per heavy atom. The summed E-state index contributed by atoms with van der Waals surface area (Å²) >= 11 is 5.93. The lowest BCUT2D eigenvalue weighted by molar-refractivity contribution is -0.139. The summed E-state index contributed by atoms with van der Waals surface area (Å²) in [6.07, 6.45) is 0. The largest absolute Gasteiger partial charge is 0.479 e. The normalized spacial score (nSPS) is 11.7. The number of carboxylic acid groups (broad SMARTS) is 1. The molecule has 0 aliphatic heterocycles. The van der Waals surface area contributed by atoms with Crippen LogP contribution in [0.25, 0.3) is 0 Å². The van der Waals surface area contributed by atoms with E-state index in [2.05, 4.69) is 5.32 Å². The topological polar surface area (TPSA) is 69.6 Å². The van der Waals surface area contributed by atoms with Crippen LogP contribution in [0.15, 0.2) is 24.3 Å². The van der Waals surface area contributed by atoms with Crippen LogP contribution in [0.3, 0.4) is 0 Å². The molecule has 5 nitrogen and oxygen atoms in total. The van der Waals surface area contributed by atoms with Crippen LogP contribution >= 0.6 is 11.6 Å². The summed E-state index contributed by atoms with van der Waals surface area (Å²) in [5.41, 5.74) is 0.365.